The molecule has 0 fully saturated rings. The number of carbonyl (C=O) groups is 2. The molecule has 0 aromatic heterocycles. The second-order valence-electron chi connectivity index (χ2n) is 6.60. The molecule has 3 rings (SSSR count). The van der Waals surface area contributed by atoms with Crippen LogP contribution in [-0.4, -0.2) is 51.3 Å². The van der Waals surface area contributed by atoms with Crippen molar-refractivity contribution in [3.63, 3.8) is 0 Å². The highest BCUT2D eigenvalue weighted by Crippen LogP contribution is 2.36. The standard InChI is InChI=1S/C19H19Cl2N3O5S/c1-24(10-18(25)22-7-6-12-2-4-13(20)5-3-12)30(27,28)17-9-16-15(8-14(17)21)23-19(26)11-29-16/h2-5,8-9H,6-7,10-11H2,1H3,(H,22,25)(H,23,26). The second kappa shape index (κ2) is 9.22. The number of sulfonamides is 1. The van der Waals surface area contributed by atoms with Crippen LogP contribution in [0.5, 0.6) is 5.75 Å². The molecule has 0 saturated carbocycles. The first-order chi connectivity index (χ1) is 14.2. The second-order valence-corrected chi connectivity index (χ2v) is 9.46. The third kappa shape index (κ3) is 5.23. The molecule has 11 heteroatoms. The van der Waals surface area contributed by atoms with Crippen molar-refractivity contribution in [1.29, 1.82) is 0 Å². The number of carbonyl (C=O) groups excluding carboxylic acids is 2. The molecule has 2 N–H and O–H groups in total. The SMILES string of the molecule is CN(CC(=O)NCCc1ccc(Cl)cc1)S(=O)(=O)c1cc2c(cc1Cl)NC(=O)CO2. The van der Waals surface area contributed by atoms with E-state index in [-0.39, 0.29) is 40.4 Å². The largest absolute Gasteiger partial charge is 0.482 e. The number of rotatable bonds is 7. The van der Waals surface area contributed by atoms with Crippen molar-refractivity contribution >= 4 is 50.7 Å². The van der Waals surface area contributed by atoms with Crippen LogP contribution < -0.4 is 15.4 Å². The average molecular weight is 472 g/mol. The van der Waals surface area contributed by atoms with Gasteiger partial charge >= 0.3 is 0 Å². The topological polar surface area (TPSA) is 105 Å². The fraction of sp³-hybridized carbons (Fsp3) is 0.263. The lowest BCUT2D eigenvalue weighted by Gasteiger charge is -2.22. The Kier molecular flexibility index (Phi) is 6.87. The summed E-state index contributed by atoms with van der Waals surface area (Å²) in [6, 6.07) is 9.77. The van der Waals surface area contributed by atoms with E-state index in [2.05, 4.69) is 10.6 Å². The molecule has 0 bridgehead atoms. The van der Waals surface area contributed by atoms with Crippen LogP contribution in [0.25, 0.3) is 0 Å². The van der Waals surface area contributed by atoms with Gasteiger partial charge in [-0.05, 0) is 30.2 Å². The molecule has 0 spiro atoms. The van der Waals surface area contributed by atoms with Crippen molar-refractivity contribution in [3.05, 3.63) is 52.0 Å². The zero-order chi connectivity index (χ0) is 21.9. The molecule has 160 valence electrons. The number of ether oxygens (including phenoxy) is 1. The van der Waals surface area contributed by atoms with Gasteiger partial charge in [-0.1, -0.05) is 35.3 Å². The van der Waals surface area contributed by atoms with E-state index < -0.39 is 15.9 Å². The Labute approximate surface area is 184 Å². The number of hydrogen-bond acceptors (Lipinski definition) is 5. The third-order valence-corrected chi connectivity index (χ3v) is 6.89. The van der Waals surface area contributed by atoms with Crippen LogP contribution in [-0.2, 0) is 26.0 Å². The highest BCUT2D eigenvalue weighted by Gasteiger charge is 2.28. The van der Waals surface area contributed by atoms with Crippen molar-refractivity contribution in [2.45, 2.75) is 11.3 Å². The zero-order valence-corrected chi connectivity index (χ0v) is 18.3. The van der Waals surface area contributed by atoms with Gasteiger partial charge in [-0.3, -0.25) is 9.59 Å². The van der Waals surface area contributed by atoms with E-state index in [1.54, 1.807) is 12.1 Å². The zero-order valence-electron chi connectivity index (χ0n) is 15.9. The number of halogens is 2. The minimum absolute atomic E-state index is 0.0884. The Morgan fingerprint density at radius 1 is 1.23 bits per heavy atom. The fourth-order valence-corrected chi connectivity index (χ4v) is 4.55. The Morgan fingerprint density at radius 3 is 2.63 bits per heavy atom. The number of anilines is 1. The number of likely N-dealkylation sites (N-methyl/N-ethyl adjacent to an activating group) is 1. The lowest BCUT2D eigenvalue weighted by atomic mass is 10.1. The number of benzene rings is 2. The molecule has 0 atom stereocenters. The van der Waals surface area contributed by atoms with Crippen molar-refractivity contribution in [3.8, 4) is 5.75 Å². The molecule has 1 aliphatic heterocycles. The van der Waals surface area contributed by atoms with E-state index in [0.29, 0.717) is 18.0 Å². The first-order valence-corrected chi connectivity index (χ1v) is 11.1. The van der Waals surface area contributed by atoms with Crippen LogP contribution in [0.4, 0.5) is 5.69 Å². The van der Waals surface area contributed by atoms with Gasteiger partial charge in [0, 0.05) is 24.7 Å². The van der Waals surface area contributed by atoms with Gasteiger partial charge in [0.2, 0.25) is 15.9 Å². The Morgan fingerprint density at radius 2 is 1.93 bits per heavy atom. The van der Waals surface area contributed by atoms with Gasteiger partial charge in [0.15, 0.2) is 6.61 Å². The van der Waals surface area contributed by atoms with Gasteiger partial charge in [0.1, 0.15) is 10.6 Å². The fourth-order valence-electron chi connectivity index (χ4n) is 2.79. The summed E-state index contributed by atoms with van der Waals surface area (Å²) < 4.78 is 31.9. The van der Waals surface area contributed by atoms with Crippen LogP contribution in [0.2, 0.25) is 10.0 Å². The van der Waals surface area contributed by atoms with Gasteiger partial charge in [0.05, 0.1) is 17.3 Å². The van der Waals surface area contributed by atoms with Crippen molar-refractivity contribution in [2.24, 2.45) is 0 Å². The smallest absolute Gasteiger partial charge is 0.262 e. The Balaban J connectivity index is 1.62. The highest BCUT2D eigenvalue weighted by molar-refractivity contribution is 7.89. The molecule has 8 nitrogen and oxygen atoms in total. The number of nitrogens with one attached hydrogen (secondary N) is 2. The summed E-state index contributed by atoms with van der Waals surface area (Å²) in [5.74, 6) is -0.618. The maximum absolute atomic E-state index is 12.9. The molecule has 0 aliphatic carbocycles. The number of hydrogen-bond donors (Lipinski definition) is 2. The van der Waals surface area contributed by atoms with Crippen LogP contribution in [0.3, 0.4) is 0 Å². The van der Waals surface area contributed by atoms with Gasteiger partial charge < -0.3 is 15.4 Å². The maximum Gasteiger partial charge on any atom is 0.262 e. The minimum atomic E-state index is -4.06. The predicted octanol–water partition coefficient (Wildman–Crippen LogP) is 2.30. The van der Waals surface area contributed by atoms with Crippen LogP contribution in [0, 0.1) is 0 Å². The van der Waals surface area contributed by atoms with Gasteiger partial charge in [-0.2, -0.15) is 4.31 Å². The summed E-state index contributed by atoms with van der Waals surface area (Å²) in [6.07, 6.45) is 0.582. The molecule has 0 radical (unpaired) electrons. The molecule has 0 saturated heterocycles. The summed E-state index contributed by atoms with van der Waals surface area (Å²) in [5, 5.41) is 5.78. The summed E-state index contributed by atoms with van der Waals surface area (Å²) in [6.45, 7) is -0.255. The van der Waals surface area contributed by atoms with E-state index in [4.69, 9.17) is 27.9 Å². The molecule has 0 unspecified atom stereocenters. The lowest BCUT2D eigenvalue weighted by Crippen LogP contribution is -2.39. The molecular weight excluding hydrogens is 453 g/mol. The molecule has 1 heterocycles. The summed E-state index contributed by atoms with van der Waals surface area (Å²) >= 11 is 11.9. The Bertz CT molecular complexity index is 1070. The van der Waals surface area contributed by atoms with Crippen LogP contribution in [0.15, 0.2) is 41.3 Å². The predicted molar refractivity (Wildman–Crippen MR) is 114 cm³/mol. The summed E-state index contributed by atoms with van der Waals surface area (Å²) in [5.41, 5.74) is 1.28. The third-order valence-electron chi connectivity index (χ3n) is 4.37. The molecule has 2 aromatic carbocycles. The van der Waals surface area contributed by atoms with E-state index in [0.717, 1.165) is 9.87 Å². The minimum Gasteiger partial charge on any atom is -0.482 e. The van der Waals surface area contributed by atoms with Gasteiger partial charge in [-0.25, -0.2) is 8.42 Å². The number of nitrogens with zero attached hydrogens (tertiary/aromatic N) is 1. The maximum atomic E-state index is 12.9. The van der Waals surface area contributed by atoms with E-state index >= 15 is 0 Å². The molecule has 30 heavy (non-hydrogen) atoms. The molecular formula is C19H19Cl2N3O5S. The van der Waals surface area contributed by atoms with Crippen LogP contribution >= 0.6 is 23.2 Å². The summed E-state index contributed by atoms with van der Waals surface area (Å²) in [4.78, 5) is 23.4. The quantitative estimate of drug-likeness (QED) is 0.644. The van der Waals surface area contributed by atoms with E-state index in [1.807, 2.05) is 12.1 Å². The van der Waals surface area contributed by atoms with Crippen molar-refractivity contribution < 1.29 is 22.7 Å². The molecule has 2 amide bonds. The monoisotopic (exact) mass is 471 g/mol. The normalized spacial score (nSPS) is 13.4. The van der Waals surface area contributed by atoms with Crippen molar-refractivity contribution in [2.75, 3.05) is 32.1 Å². The van der Waals surface area contributed by atoms with Crippen LogP contribution in [0.1, 0.15) is 5.56 Å². The first-order valence-electron chi connectivity index (χ1n) is 8.90. The summed E-state index contributed by atoms with van der Waals surface area (Å²) in [7, 11) is -2.78. The first kappa shape index (κ1) is 22.4. The molecule has 2 aromatic rings. The van der Waals surface area contributed by atoms with Gasteiger partial charge in [0.25, 0.3) is 5.91 Å². The number of fused-ring (bicyclic) bond motifs is 1. The van der Waals surface area contributed by atoms with Gasteiger partial charge in [-0.15, -0.1) is 0 Å². The molecule has 1 aliphatic rings. The highest BCUT2D eigenvalue weighted by atomic mass is 35.5. The van der Waals surface area contributed by atoms with E-state index in [1.165, 1.54) is 19.2 Å². The lowest BCUT2D eigenvalue weighted by molar-refractivity contribution is -0.121. The van der Waals surface area contributed by atoms with Crippen molar-refractivity contribution in [1.82, 2.24) is 9.62 Å². The Hall–Kier alpha value is -2.33. The number of amides is 2. The average Bonchev–Trinajstić information content (AvgIpc) is 2.68. The van der Waals surface area contributed by atoms with E-state index in [9.17, 15) is 18.0 Å².